The van der Waals surface area contributed by atoms with Gasteiger partial charge in [0.05, 0.1) is 17.1 Å². The van der Waals surface area contributed by atoms with Gasteiger partial charge in [0.25, 0.3) is 0 Å². The molecule has 0 atom stereocenters. The first-order chi connectivity index (χ1) is 15.8. The van der Waals surface area contributed by atoms with E-state index in [1.807, 2.05) is 69.0 Å². The third kappa shape index (κ3) is 4.17. The number of phenolic OH excluding ortho intramolecular Hbond substituents is 3. The zero-order valence-corrected chi connectivity index (χ0v) is 19.1. The van der Waals surface area contributed by atoms with Crippen molar-refractivity contribution in [2.24, 2.45) is 0 Å². The Kier molecular flexibility index (Phi) is 5.88. The van der Waals surface area contributed by atoms with Crippen molar-refractivity contribution in [2.75, 3.05) is 4.90 Å². The van der Waals surface area contributed by atoms with Gasteiger partial charge in [0.1, 0.15) is 23.0 Å². The highest BCUT2D eigenvalue weighted by Gasteiger charge is 2.25. The highest BCUT2D eigenvalue weighted by molar-refractivity contribution is 5.88. The molecule has 5 heteroatoms. The van der Waals surface area contributed by atoms with Gasteiger partial charge >= 0.3 is 0 Å². The van der Waals surface area contributed by atoms with Crippen LogP contribution in [0, 0.1) is 27.7 Å². The zero-order chi connectivity index (χ0) is 23.7. The van der Waals surface area contributed by atoms with Crippen molar-refractivity contribution in [3.05, 3.63) is 95.1 Å². The Morgan fingerprint density at radius 2 is 1.12 bits per heavy atom. The first-order valence-electron chi connectivity index (χ1n) is 10.7. The van der Waals surface area contributed by atoms with Crippen molar-refractivity contribution in [3.8, 4) is 28.7 Å². The molecule has 4 aromatic rings. The quantitative estimate of drug-likeness (QED) is 0.303. The van der Waals surface area contributed by atoms with E-state index in [2.05, 4.69) is 0 Å². The standard InChI is InChI=1S/C28H27NO4/c1-17-9-7-12-23(31)26(17)29(27-18(2)10-8-13-24(27)32)22-11-5-6-14-25(22)33-28-19(3)15-21(30)16-20(28)4/h5-16,30-32H,1-4H3. The topological polar surface area (TPSA) is 73.2 Å². The number of benzene rings is 4. The molecule has 0 aliphatic carbocycles. The lowest BCUT2D eigenvalue weighted by Gasteiger charge is -2.31. The predicted molar refractivity (Wildman–Crippen MR) is 132 cm³/mol. The van der Waals surface area contributed by atoms with Gasteiger partial charge in [-0.2, -0.15) is 0 Å². The van der Waals surface area contributed by atoms with Gasteiger partial charge in [0, 0.05) is 0 Å². The van der Waals surface area contributed by atoms with Crippen LogP contribution < -0.4 is 9.64 Å². The lowest BCUT2D eigenvalue weighted by atomic mass is 10.1. The van der Waals surface area contributed by atoms with E-state index < -0.39 is 0 Å². The van der Waals surface area contributed by atoms with E-state index in [1.165, 1.54) is 0 Å². The molecule has 33 heavy (non-hydrogen) atoms. The molecule has 0 aromatic heterocycles. The molecule has 4 rings (SSSR count). The fourth-order valence-electron chi connectivity index (χ4n) is 4.15. The van der Waals surface area contributed by atoms with Crippen molar-refractivity contribution in [2.45, 2.75) is 27.7 Å². The molecule has 0 saturated heterocycles. The molecule has 5 nitrogen and oxygen atoms in total. The minimum atomic E-state index is 0.0875. The van der Waals surface area contributed by atoms with Crippen LogP contribution in [0.25, 0.3) is 0 Å². The molecule has 0 bridgehead atoms. The summed E-state index contributed by atoms with van der Waals surface area (Å²) in [5.41, 5.74) is 5.03. The minimum absolute atomic E-state index is 0.0875. The van der Waals surface area contributed by atoms with Crippen molar-refractivity contribution in [1.82, 2.24) is 0 Å². The van der Waals surface area contributed by atoms with Gasteiger partial charge in [-0.1, -0.05) is 36.4 Å². The first kappa shape index (κ1) is 22.1. The van der Waals surface area contributed by atoms with Crippen molar-refractivity contribution in [1.29, 1.82) is 0 Å². The van der Waals surface area contributed by atoms with Crippen molar-refractivity contribution in [3.63, 3.8) is 0 Å². The molecular weight excluding hydrogens is 414 g/mol. The molecule has 0 amide bonds. The van der Waals surface area contributed by atoms with Gasteiger partial charge in [-0.15, -0.1) is 0 Å². The SMILES string of the molecule is Cc1cc(O)cc(C)c1Oc1ccccc1N(c1c(C)cccc1O)c1c(C)cccc1O. The summed E-state index contributed by atoms with van der Waals surface area (Å²) in [4.78, 5) is 1.83. The Morgan fingerprint density at radius 1 is 0.606 bits per heavy atom. The largest absolute Gasteiger partial charge is 0.508 e. The van der Waals surface area contributed by atoms with Crippen LogP contribution in [0.5, 0.6) is 28.7 Å². The van der Waals surface area contributed by atoms with Gasteiger partial charge in [0.15, 0.2) is 5.75 Å². The molecular formula is C28H27NO4. The number of aryl methyl sites for hydroxylation is 4. The van der Waals surface area contributed by atoms with Crippen LogP contribution in [0.2, 0.25) is 0 Å². The maximum absolute atomic E-state index is 10.9. The second kappa shape index (κ2) is 8.79. The van der Waals surface area contributed by atoms with Crippen molar-refractivity contribution >= 4 is 17.1 Å². The average molecular weight is 442 g/mol. The number of aromatic hydroxyl groups is 3. The average Bonchev–Trinajstić information content (AvgIpc) is 2.75. The summed E-state index contributed by atoms with van der Waals surface area (Å²) in [6.45, 7) is 7.58. The maximum atomic E-state index is 10.9. The summed E-state index contributed by atoms with van der Waals surface area (Å²) >= 11 is 0. The third-order valence-electron chi connectivity index (χ3n) is 5.64. The fraction of sp³-hybridized carbons (Fsp3) is 0.143. The Balaban J connectivity index is 1.97. The summed E-state index contributed by atoms with van der Waals surface area (Å²) < 4.78 is 6.39. The number of rotatable bonds is 5. The Morgan fingerprint density at radius 3 is 1.64 bits per heavy atom. The van der Waals surface area contributed by atoms with Crippen LogP contribution in [0.3, 0.4) is 0 Å². The number of para-hydroxylation sites is 4. The van der Waals surface area contributed by atoms with Crippen molar-refractivity contribution < 1.29 is 20.1 Å². The number of hydrogen-bond donors (Lipinski definition) is 3. The van der Waals surface area contributed by atoms with Crippen LogP contribution in [0.1, 0.15) is 22.3 Å². The lowest BCUT2D eigenvalue weighted by Crippen LogP contribution is -2.14. The summed E-state index contributed by atoms with van der Waals surface area (Å²) in [5, 5.41) is 31.7. The third-order valence-corrected chi connectivity index (χ3v) is 5.64. The van der Waals surface area contributed by atoms with E-state index in [-0.39, 0.29) is 17.2 Å². The second-order valence-electron chi connectivity index (χ2n) is 8.20. The Hall–Kier alpha value is -4.12. The summed E-state index contributed by atoms with van der Waals surface area (Å²) in [5.74, 6) is 1.54. The maximum Gasteiger partial charge on any atom is 0.151 e. The van der Waals surface area contributed by atoms with E-state index in [4.69, 9.17) is 4.74 Å². The molecule has 0 spiro atoms. The van der Waals surface area contributed by atoms with E-state index in [1.54, 1.807) is 36.4 Å². The van der Waals surface area contributed by atoms with Gasteiger partial charge in [0.2, 0.25) is 0 Å². The summed E-state index contributed by atoms with van der Waals surface area (Å²) in [7, 11) is 0. The predicted octanol–water partition coefficient (Wildman–Crippen LogP) is 7.30. The van der Waals surface area contributed by atoms with Gasteiger partial charge in [-0.3, -0.25) is 4.90 Å². The van der Waals surface area contributed by atoms with Gasteiger partial charge in [-0.05, 0) is 86.3 Å². The number of ether oxygens (including phenoxy) is 1. The number of hydrogen-bond acceptors (Lipinski definition) is 5. The summed E-state index contributed by atoms with van der Waals surface area (Å²) in [6, 6.07) is 21.5. The normalized spacial score (nSPS) is 10.8. The molecule has 4 aromatic carbocycles. The highest BCUT2D eigenvalue weighted by Crippen LogP contribution is 2.50. The minimum Gasteiger partial charge on any atom is -0.508 e. The van der Waals surface area contributed by atoms with Gasteiger partial charge in [-0.25, -0.2) is 0 Å². The molecule has 0 heterocycles. The fourth-order valence-corrected chi connectivity index (χ4v) is 4.15. The molecule has 0 radical (unpaired) electrons. The number of anilines is 3. The molecule has 0 aliphatic heterocycles. The van der Waals surface area contributed by atoms with E-state index >= 15 is 0 Å². The van der Waals surface area contributed by atoms with E-state index in [0.29, 0.717) is 28.6 Å². The molecule has 0 unspecified atom stereocenters. The Bertz CT molecular complexity index is 1210. The summed E-state index contributed by atoms with van der Waals surface area (Å²) in [6.07, 6.45) is 0. The monoisotopic (exact) mass is 441 g/mol. The zero-order valence-electron chi connectivity index (χ0n) is 19.1. The number of phenols is 3. The van der Waals surface area contributed by atoms with Crippen LogP contribution in [0.4, 0.5) is 17.1 Å². The lowest BCUT2D eigenvalue weighted by molar-refractivity contribution is 0.458. The van der Waals surface area contributed by atoms with E-state index in [9.17, 15) is 15.3 Å². The van der Waals surface area contributed by atoms with E-state index in [0.717, 1.165) is 22.3 Å². The van der Waals surface area contributed by atoms with Crippen LogP contribution in [-0.2, 0) is 0 Å². The van der Waals surface area contributed by atoms with Crippen LogP contribution in [-0.4, -0.2) is 15.3 Å². The molecule has 0 aliphatic rings. The highest BCUT2D eigenvalue weighted by atomic mass is 16.5. The smallest absolute Gasteiger partial charge is 0.151 e. The molecule has 168 valence electrons. The van der Waals surface area contributed by atoms with Crippen LogP contribution in [0.15, 0.2) is 72.8 Å². The van der Waals surface area contributed by atoms with Crippen LogP contribution >= 0.6 is 0 Å². The molecule has 3 N–H and O–H groups in total. The second-order valence-corrected chi connectivity index (χ2v) is 8.20. The molecule has 0 fully saturated rings. The first-order valence-corrected chi connectivity index (χ1v) is 10.7. The number of nitrogens with zero attached hydrogens (tertiary/aromatic N) is 1. The van der Waals surface area contributed by atoms with Gasteiger partial charge < -0.3 is 20.1 Å². The Labute approximate surface area is 193 Å². The molecule has 0 saturated carbocycles.